The lowest BCUT2D eigenvalue weighted by Gasteiger charge is -1.97. The van der Waals surface area contributed by atoms with Crippen LogP contribution in [0.3, 0.4) is 0 Å². The molecule has 0 bridgehead atoms. The second kappa shape index (κ2) is 2.95. The Morgan fingerprint density at radius 2 is 2.83 bits per heavy atom. The van der Waals surface area contributed by atoms with Gasteiger partial charge >= 0.3 is 0 Å². The molecule has 2 aromatic rings. The van der Waals surface area contributed by atoms with Gasteiger partial charge in [0.25, 0.3) is 0 Å². The minimum atomic E-state index is -2.80. The van der Waals surface area contributed by atoms with E-state index in [2.05, 4.69) is 14.7 Å². The number of ether oxygens (including phenoxy) is 1. The predicted octanol–water partition coefficient (Wildman–Crippen LogP) is 1.71. The van der Waals surface area contributed by atoms with E-state index in [1.165, 1.54) is 12.3 Å². The van der Waals surface area contributed by atoms with Crippen LogP contribution in [0.4, 0.5) is 0 Å². The van der Waals surface area contributed by atoms with E-state index in [1.807, 2.05) is 0 Å². The number of fused-ring (bicyclic) bond motifs is 1. The van der Waals surface area contributed by atoms with Crippen LogP contribution in [-0.4, -0.2) is 17.0 Å². The first-order valence-corrected chi connectivity index (χ1v) is 3.42. The molecule has 2 heterocycles. The van der Waals surface area contributed by atoms with Crippen LogP contribution in [0.1, 0.15) is 12.4 Å². The fraction of sp³-hybridized carbons (Fsp3) is 0.222. The molecule has 0 aliphatic rings. The first-order valence-electron chi connectivity index (χ1n) is 5.92. The maximum atomic E-state index is 7.59. The number of methoxy groups -OCH3 is 1. The van der Waals surface area contributed by atoms with Crippen LogP contribution in [-0.2, 0) is 11.3 Å². The molecule has 0 spiro atoms. The van der Waals surface area contributed by atoms with Gasteiger partial charge in [0.2, 0.25) is 0 Å². The molecule has 3 heteroatoms. The predicted molar refractivity (Wildman–Crippen MR) is 46.8 cm³/mol. The van der Waals surface area contributed by atoms with Crippen molar-refractivity contribution in [2.75, 3.05) is 7.04 Å². The molecular formula is C9H10N2O. The van der Waals surface area contributed by atoms with E-state index in [4.69, 9.17) is 6.85 Å². The number of pyridine rings is 1. The Hall–Kier alpha value is -1.35. The first kappa shape index (κ1) is 3.58. The van der Waals surface area contributed by atoms with Crippen LogP contribution in [0.2, 0.25) is 0 Å². The normalized spacial score (nSPS) is 19.2. The average molecular weight is 167 g/mol. The SMILES string of the molecule is [2H]C([2H])([2H])OC([2H])([2H])c1cnc2[nH]ccc2c1. The third kappa shape index (κ3) is 1.19. The molecule has 0 amide bonds. The summed E-state index contributed by atoms with van der Waals surface area (Å²) in [5, 5.41) is 0.695. The third-order valence-electron chi connectivity index (χ3n) is 1.57. The molecule has 2 aromatic heterocycles. The zero-order valence-corrected chi connectivity index (χ0v) is 6.16. The van der Waals surface area contributed by atoms with Gasteiger partial charge in [-0.05, 0) is 17.7 Å². The van der Waals surface area contributed by atoms with E-state index in [0.29, 0.717) is 11.0 Å². The number of H-pyrrole nitrogens is 1. The van der Waals surface area contributed by atoms with Crippen LogP contribution in [0.25, 0.3) is 11.0 Å². The van der Waals surface area contributed by atoms with Crippen molar-refractivity contribution in [3.63, 3.8) is 0 Å². The third-order valence-corrected chi connectivity index (χ3v) is 1.57. The summed E-state index contributed by atoms with van der Waals surface area (Å²) in [6, 6.07) is 3.22. The second-order valence-electron chi connectivity index (χ2n) is 2.34. The van der Waals surface area contributed by atoms with Gasteiger partial charge in [0.05, 0.1) is 13.4 Å². The van der Waals surface area contributed by atoms with Gasteiger partial charge in [0, 0.05) is 24.8 Å². The summed E-state index contributed by atoms with van der Waals surface area (Å²) >= 11 is 0. The maximum absolute atomic E-state index is 7.59. The van der Waals surface area contributed by atoms with Gasteiger partial charge in [-0.25, -0.2) is 4.98 Å². The van der Waals surface area contributed by atoms with Crippen molar-refractivity contribution in [1.29, 1.82) is 0 Å². The molecule has 0 aromatic carbocycles. The van der Waals surface area contributed by atoms with E-state index in [9.17, 15) is 0 Å². The van der Waals surface area contributed by atoms with Gasteiger partial charge in [-0.2, -0.15) is 0 Å². The zero-order chi connectivity index (χ0) is 12.7. The van der Waals surface area contributed by atoms with Crippen LogP contribution >= 0.6 is 0 Å². The molecule has 0 unspecified atom stereocenters. The minimum Gasteiger partial charge on any atom is -0.380 e. The van der Waals surface area contributed by atoms with E-state index in [-0.39, 0.29) is 5.56 Å². The highest BCUT2D eigenvalue weighted by atomic mass is 16.5. The fourth-order valence-electron chi connectivity index (χ4n) is 1.05. The fourth-order valence-corrected chi connectivity index (χ4v) is 1.05. The Morgan fingerprint density at radius 1 is 1.83 bits per heavy atom. The van der Waals surface area contributed by atoms with Gasteiger partial charge in [-0.15, -0.1) is 0 Å². The Bertz CT molecular complexity index is 533. The zero-order valence-electron chi connectivity index (χ0n) is 11.2. The summed E-state index contributed by atoms with van der Waals surface area (Å²) in [4.78, 5) is 6.84. The van der Waals surface area contributed by atoms with Gasteiger partial charge in [-0.1, -0.05) is 0 Å². The van der Waals surface area contributed by atoms with Crippen molar-refractivity contribution in [1.82, 2.24) is 9.97 Å². The summed E-state index contributed by atoms with van der Waals surface area (Å²) in [5.74, 6) is 0. The van der Waals surface area contributed by atoms with Gasteiger partial charge in [-0.3, -0.25) is 0 Å². The van der Waals surface area contributed by atoms with E-state index in [1.54, 1.807) is 12.3 Å². The Kier molecular flexibility index (Phi) is 0.879. The lowest BCUT2D eigenvalue weighted by atomic mass is 10.2. The van der Waals surface area contributed by atoms with Gasteiger partial charge in [0.1, 0.15) is 5.65 Å². The lowest BCUT2D eigenvalue weighted by molar-refractivity contribution is 0.184. The second-order valence-corrected chi connectivity index (χ2v) is 2.34. The summed E-state index contributed by atoms with van der Waals surface area (Å²) in [7, 11) is -2.80. The molecule has 0 saturated carbocycles. The lowest BCUT2D eigenvalue weighted by Crippen LogP contribution is -1.88. The molecular weight excluding hydrogens is 152 g/mol. The molecule has 0 saturated heterocycles. The van der Waals surface area contributed by atoms with E-state index >= 15 is 0 Å². The van der Waals surface area contributed by atoms with Crippen molar-refractivity contribution >= 4 is 11.0 Å². The summed E-state index contributed by atoms with van der Waals surface area (Å²) in [5.41, 5.74) is 0.680. The summed E-state index contributed by atoms with van der Waals surface area (Å²) < 4.78 is 40.3. The van der Waals surface area contributed by atoms with Crippen molar-refractivity contribution in [3.05, 3.63) is 30.1 Å². The number of aromatic amines is 1. The Labute approximate surface area is 77.4 Å². The first-order chi connectivity index (χ1) is 7.78. The number of nitrogens with zero attached hydrogens (tertiary/aromatic N) is 1. The monoisotopic (exact) mass is 167 g/mol. The quantitative estimate of drug-likeness (QED) is 0.739. The maximum Gasteiger partial charge on any atom is 0.137 e. The number of rotatable bonds is 2. The largest absolute Gasteiger partial charge is 0.380 e. The highest BCUT2D eigenvalue weighted by Crippen LogP contribution is 2.11. The van der Waals surface area contributed by atoms with Gasteiger partial charge < -0.3 is 9.72 Å². The molecule has 0 atom stereocenters. The molecule has 1 N–H and O–H groups in total. The standard InChI is InChI=1S/C9H10N2O/c1-12-6-7-4-8-2-3-10-9(8)11-5-7/h2-5H,6H2,1H3,(H,10,11)/i1D3,6D2. The number of nitrogens with one attached hydrogen (secondary N) is 1. The minimum absolute atomic E-state index is 0.0701. The number of hydrogen-bond acceptors (Lipinski definition) is 2. The Morgan fingerprint density at radius 3 is 3.75 bits per heavy atom. The molecule has 3 nitrogen and oxygen atoms in total. The number of aromatic nitrogens is 2. The summed E-state index contributed by atoms with van der Waals surface area (Å²) in [6.07, 6.45) is 2.92. The highest BCUT2D eigenvalue weighted by molar-refractivity contribution is 5.75. The topological polar surface area (TPSA) is 37.9 Å². The molecule has 0 fully saturated rings. The van der Waals surface area contributed by atoms with Crippen molar-refractivity contribution < 1.29 is 11.6 Å². The van der Waals surface area contributed by atoms with Crippen LogP contribution in [0.5, 0.6) is 0 Å². The van der Waals surface area contributed by atoms with Gasteiger partial charge in [0.15, 0.2) is 0 Å². The Balaban J connectivity index is 2.37. The number of hydrogen-bond donors (Lipinski definition) is 1. The van der Waals surface area contributed by atoms with Crippen molar-refractivity contribution in [3.8, 4) is 0 Å². The van der Waals surface area contributed by atoms with Crippen LogP contribution in [0, 0.1) is 0 Å². The van der Waals surface area contributed by atoms with Crippen molar-refractivity contribution in [2.24, 2.45) is 0 Å². The molecule has 12 heavy (non-hydrogen) atoms. The molecule has 0 radical (unpaired) electrons. The molecule has 2 rings (SSSR count). The highest BCUT2D eigenvalue weighted by Gasteiger charge is 1.96. The van der Waals surface area contributed by atoms with E-state index in [0.717, 1.165) is 0 Å². The summed E-state index contributed by atoms with van der Waals surface area (Å²) in [6.45, 7) is -2.40. The van der Waals surface area contributed by atoms with Crippen LogP contribution < -0.4 is 0 Å². The van der Waals surface area contributed by atoms with E-state index < -0.39 is 13.6 Å². The molecule has 0 aliphatic carbocycles. The average Bonchev–Trinajstić information content (AvgIpc) is 2.59. The van der Waals surface area contributed by atoms with Crippen LogP contribution in [0.15, 0.2) is 24.5 Å². The smallest absolute Gasteiger partial charge is 0.137 e. The molecule has 0 aliphatic heterocycles. The molecule has 62 valence electrons. The van der Waals surface area contributed by atoms with Crippen molar-refractivity contribution in [2.45, 2.75) is 6.56 Å².